The molecule has 0 aliphatic heterocycles. The van der Waals surface area contributed by atoms with Crippen LogP contribution in [0, 0.1) is 0 Å². The first-order chi connectivity index (χ1) is 19.6. The molecule has 0 bridgehead atoms. The normalized spacial score (nSPS) is 10.4. The third kappa shape index (κ3) is 7.14. The molecule has 0 unspecified atom stereocenters. The Hall–Kier alpha value is -5.36. The van der Waals surface area contributed by atoms with Crippen molar-refractivity contribution >= 4 is 11.9 Å². The molecule has 5 aromatic carbocycles. The van der Waals surface area contributed by atoms with Gasteiger partial charge in [-0.2, -0.15) is 0 Å². The van der Waals surface area contributed by atoms with Crippen LogP contribution in [0.25, 0.3) is 0 Å². The van der Waals surface area contributed by atoms with Crippen LogP contribution in [-0.4, -0.2) is 11.9 Å². The minimum absolute atomic E-state index is 0.132. The van der Waals surface area contributed by atoms with Crippen molar-refractivity contribution in [3.63, 3.8) is 0 Å². The molecule has 0 spiro atoms. The number of esters is 2. The van der Waals surface area contributed by atoms with E-state index >= 15 is 0 Å². The van der Waals surface area contributed by atoms with Gasteiger partial charge in [0.1, 0.15) is 24.7 Å². The zero-order valence-electron chi connectivity index (χ0n) is 21.6. The van der Waals surface area contributed by atoms with E-state index in [4.69, 9.17) is 18.9 Å². The Morgan fingerprint density at radius 1 is 0.425 bits per heavy atom. The zero-order valence-corrected chi connectivity index (χ0v) is 21.6. The summed E-state index contributed by atoms with van der Waals surface area (Å²) < 4.78 is 22.7. The molecule has 0 fully saturated rings. The van der Waals surface area contributed by atoms with Gasteiger partial charge in [-0.3, -0.25) is 0 Å². The highest BCUT2D eigenvalue weighted by molar-refractivity contribution is 5.93. The van der Waals surface area contributed by atoms with Crippen molar-refractivity contribution in [2.45, 2.75) is 13.2 Å². The average molecular weight is 531 g/mol. The van der Waals surface area contributed by atoms with Gasteiger partial charge in [0.25, 0.3) is 0 Å². The van der Waals surface area contributed by atoms with Gasteiger partial charge in [-0.1, -0.05) is 72.8 Å². The minimum Gasteiger partial charge on any atom is -0.489 e. The first-order valence-corrected chi connectivity index (χ1v) is 12.7. The molecular formula is C34H26O6. The Morgan fingerprint density at radius 3 is 1.15 bits per heavy atom. The van der Waals surface area contributed by atoms with E-state index in [-0.39, 0.29) is 11.5 Å². The zero-order chi connectivity index (χ0) is 27.6. The Labute approximate surface area is 232 Å². The lowest BCUT2D eigenvalue weighted by molar-refractivity contribution is 0.0682. The molecule has 40 heavy (non-hydrogen) atoms. The summed E-state index contributed by atoms with van der Waals surface area (Å²) in [6, 6.07) is 39.5. The predicted octanol–water partition coefficient (Wildman–Crippen LogP) is 7.28. The second kappa shape index (κ2) is 12.9. The van der Waals surface area contributed by atoms with Gasteiger partial charge in [-0.05, 0) is 71.8 Å². The molecule has 0 amide bonds. The van der Waals surface area contributed by atoms with Gasteiger partial charge in [-0.25, -0.2) is 9.59 Å². The number of carbonyl (C=O) groups is 2. The van der Waals surface area contributed by atoms with E-state index in [0.717, 1.165) is 11.1 Å². The third-order valence-corrected chi connectivity index (χ3v) is 5.93. The maximum Gasteiger partial charge on any atom is 0.343 e. The van der Waals surface area contributed by atoms with Gasteiger partial charge in [-0.15, -0.1) is 0 Å². The summed E-state index contributed by atoms with van der Waals surface area (Å²) in [7, 11) is 0. The maximum atomic E-state index is 12.8. The molecule has 0 aliphatic carbocycles. The third-order valence-electron chi connectivity index (χ3n) is 5.93. The van der Waals surface area contributed by atoms with E-state index < -0.39 is 11.9 Å². The fraction of sp³-hybridized carbons (Fsp3) is 0.0588. The van der Waals surface area contributed by atoms with Crippen LogP contribution in [0.15, 0.2) is 133 Å². The van der Waals surface area contributed by atoms with Gasteiger partial charge in [0.05, 0.1) is 11.1 Å². The lowest BCUT2D eigenvalue weighted by Gasteiger charge is -2.11. The fourth-order valence-electron chi connectivity index (χ4n) is 3.79. The lowest BCUT2D eigenvalue weighted by atomic mass is 10.2. The molecule has 0 radical (unpaired) electrons. The van der Waals surface area contributed by atoms with Crippen LogP contribution in [0.1, 0.15) is 31.8 Å². The van der Waals surface area contributed by atoms with Crippen molar-refractivity contribution in [3.05, 3.63) is 156 Å². The predicted molar refractivity (Wildman–Crippen MR) is 151 cm³/mol. The summed E-state index contributed by atoms with van der Waals surface area (Å²) in [6.45, 7) is 0.847. The first-order valence-electron chi connectivity index (χ1n) is 12.7. The quantitative estimate of drug-likeness (QED) is 0.140. The molecule has 6 nitrogen and oxygen atoms in total. The van der Waals surface area contributed by atoms with E-state index in [1.807, 2.05) is 60.7 Å². The summed E-state index contributed by atoms with van der Waals surface area (Å²) in [4.78, 5) is 25.6. The van der Waals surface area contributed by atoms with Crippen molar-refractivity contribution in [2.24, 2.45) is 0 Å². The van der Waals surface area contributed by atoms with Gasteiger partial charge >= 0.3 is 11.9 Å². The van der Waals surface area contributed by atoms with Gasteiger partial charge in [0, 0.05) is 0 Å². The van der Waals surface area contributed by atoms with Crippen LogP contribution in [-0.2, 0) is 13.2 Å². The van der Waals surface area contributed by atoms with Crippen LogP contribution in [0.3, 0.4) is 0 Å². The SMILES string of the molecule is O=C(Oc1ccccc1OC(=O)c1ccc(OCc2ccccc2)cc1)c1ccc(OCc2ccccc2)cc1. The highest BCUT2D eigenvalue weighted by atomic mass is 16.6. The highest BCUT2D eigenvalue weighted by Gasteiger charge is 2.16. The largest absolute Gasteiger partial charge is 0.489 e. The number of ether oxygens (including phenoxy) is 4. The highest BCUT2D eigenvalue weighted by Crippen LogP contribution is 2.29. The second-order valence-electron chi connectivity index (χ2n) is 8.82. The summed E-state index contributed by atoms with van der Waals surface area (Å²) in [5, 5.41) is 0. The summed E-state index contributed by atoms with van der Waals surface area (Å²) in [5.74, 6) is 0.356. The monoisotopic (exact) mass is 530 g/mol. The standard InChI is InChI=1S/C34H26O6/c35-33(27-15-19-29(20-16-27)37-23-25-9-3-1-4-10-25)39-31-13-7-8-14-32(31)40-34(36)28-17-21-30(22-18-28)38-24-26-11-5-2-6-12-26/h1-22H,23-24H2. The number of benzene rings is 5. The molecule has 0 heterocycles. The van der Waals surface area contributed by atoms with Crippen molar-refractivity contribution in [2.75, 3.05) is 0 Å². The van der Waals surface area contributed by atoms with E-state index in [1.165, 1.54) is 0 Å². The summed E-state index contributed by atoms with van der Waals surface area (Å²) >= 11 is 0. The average Bonchev–Trinajstić information content (AvgIpc) is 3.01. The lowest BCUT2D eigenvalue weighted by Crippen LogP contribution is -2.12. The molecule has 0 saturated carbocycles. The van der Waals surface area contributed by atoms with Crippen LogP contribution in [0.2, 0.25) is 0 Å². The van der Waals surface area contributed by atoms with Gasteiger partial charge in [0.2, 0.25) is 0 Å². The second-order valence-corrected chi connectivity index (χ2v) is 8.82. The van der Waals surface area contributed by atoms with E-state index in [2.05, 4.69) is 0 Å². The van der Waals surface area contributed by atoms with E-state index in [0.29, 0.717) is 35.8 Å². The molecule has 0 aromatic heterocycles. The van der Waals surface area contributed by atoms with Crippen molar-refractivity contribution in [1.29, 1.82) is 0 Å². The number of rotatable bonds is 10. The van der Waals surface area contributed by atoms with Crippen LogP contribution >= 0.6 is 0 Å². The molecule has 0 aliphatic rings. The smallest absolute Gasteiger partial charge is 0.343 e. The molecule has 198 valence electrons. The number of carbonyl (C=O) groups excluding carboxylic acids is 2. The van der Waals surface area contributed by atoms with Crippen LogP contribution in [0.5, 0.6) is 23.0 Å². The molecule has 0 N–H and O–H groups in total. The molecule has 5 aromatic rings. The van der Waals surface area contributed by atoms with Crippen LogP contribution < -0.4 is 18.9 Å². The minimum atomic E-state index is -0.585. The van der Waals surface area contributed by atoms with Crippen molar-refractivity contribution in [3.8, 4) is 23.0 Å². The summed E-state index contributed by atoms with van der Waals surface area (Å²) in [5.41, 5.74) is 2.76. The Bertz CT molecular complexity index is 1430. The number of hydrogen-bond donors (Lipinski definition) is 0. The van der Waals surface area contributed by atoms with Crippen molar-refractivity contribution < 1.29 is 28.5 Å². The molecule has 6 heteroatoms. The molecular weight excluding hydrogens is 504 g/mol. The fourth-order valence-corrected chi connectivity index (χ4v) is 3.79. The molecule has 0 saturated heterocycles. The maximum absolute atomic E-state index is 12.8. The topological polar surface area (TPSA) is 71.1 Å². The van der Waals surface area contributed by atoms with E-state index in [9.17, 15) is 9.59 Å². The van der Waals surface area contributed by atoms with Crippen molar-refractivity contribution in [1.82, 2.24) is 0 Å². The summed E-state index contributed by atoms with van der Waals surface area (Å²) in [6.07, 6.45) is 0. The Balaban J connectivity index is 1.17. The van der Waals surface area contributed by atoms with Gasteiger partial charge < -0.3 is 18.9 Å². The van der Waals surface area contributed by atoms with Crippen LogP contribution in [0.4, 0.5) is 0 Å². The first kappa shape index (κ1) is 26.3. The number of para-hydroxylation sites is 2. The Kier molecular flexibility index (Phi) is 8.49. The number of hydrogen-bond acceptors (Lipinski definition) is 6. The van der Waals surface area contributed by atoms with Gasteiger partial charge in [0.15, 0.2) is 11.5 Å². The van der Waals surface area contributed by atoms with E-state index in [1.54, 1.807) is 72.8 Å². The molecule has 5 rings (SSSR count). The molecule has 0 atom stereocenters. The Morgan fingerprint density at radius 2 is 0.775 bits per heavy atom.